The monoisotopic (exact) mass is 622 g/mol. The summed E-state index contributed by atoms with van der Waals surface area (Å²) in [5, 5.41) is 10.8. The van der Waals surface area contributed by atoms with E-state index in [4.69, 9.17) is 30.5 Å². The van der Waals surface area contributed by atoms with Crippen LogP contribution in [0.3, 0.4) is 0 Å². The number of methoxy groups -OCH3 is 1. The Morgan fingerprint density at radius 2 is 1.84 bits per heavy atom. The molecule has 3 rings (SSSR count). The summed E-state index contributed by atoms with van der Waals surface area (Å²) >= 11 is 9.75. The molecule has 7 nitrogen and oxygen atoms in total. The summed E-state index contributed by atoms with van der Waals surface area (Å²) in [4.78, 5) is 25.8. The Kier molecular flexibility index (Phi) is 9.59. The van der Waals surface area contributed by atoms with Crippen LogP contribution in [-0.4, -0.2) is 44.2 Å². The first kappa shape index (κ1) is 30.0. The molecular weight excluding hydrogens is 597 g/mol. The highest BCUT2D eigenvalue weighted by Gasteiger charge is 2.43. The van der Waals surface area contributed by atoms with E-state index in [2.05, 4.69) is 15.9 Å². The van der Waals surface area contributed by atoms with E-state index in [0.29, 0.717) is 17.5 Å². The Morgan fingerprint density at radius 3 is 2.39 bits per heavy atom. The summed E-state index contributed by atoms with van der Waals surface area (Å²) in [6.07, 6.45) is -0.575. The Morgan fingerprint density at radius 1 is 1.21 bits per heavy atom. The second kappa shape index (κ2) is 12.1. The van der Waals surface area contributed by atoms with Gasteiger partial charge in [0.15, 0.2) is 16.9 Å². The average molecular weight is 624 g/mol. The minimum Gasteiger partial charge on any atom is -0.495 e. The van der Waals surface area contributed by atoms with Gasteiger partial charge in [-0.05, 0) is 52.9 Å². The summed E-state index contributed by atoms with van der Waals surface area (Å²) in [5.74, 6) is -2.80. The number of benzene rings is 2. The Bertz CT molecular complexity index is 1230. The summed E-state index contributed by atoms with van der Waals surface area (Å²) in [6, 6.07) is 2.91. The van der Waals surface area contributed by atoms with Crippen LogP contribution in [0.2, 0.25) is 5.02 Å². The molecule has 0 radical (unpaired) electrons. The maximum absolute atomic E-state index is 13.5. The molecule has 0 aliphatic carbocycles. The number of alkyl halides is 3. The quantitative estimate of drug-likeness (QED) is 0.244. The minimum absolute atomic E-state index is 0.0197. The maximum Gasteiger partial charge on any atom is 0.346 e. The van der Waals surface area contributed by atoms with Crippen LogP contribution < -0.4 is 14.2 Å². The third kappa shape index (κ3) is 5.46. The first-order valence-corrected chi connectivity index (χ1v) is 12.8. The molecule has 0 bridgehead atoms. The fraction of sp³-hybridized carbons (Fsp3) is 0.462. The van der Waals surface area contributed by atoms with E-state index in [1.807, 2.05) is 13.8 Å². The SMILES string of the molecule is COc1c([C@@H](O)CC(C)C)ccc2c1C(=O)OCc1c(Cl)c(C)c(Br)c(OC(=O)C(CF)(CF)CF)c1O2. The molecule has 0 amide bonds. The molecule has 208 valence electrons. The molecule has 0 saturated carbocycles. The first-order chi connectivity index (χ1) is 18.0. The number of hydrogen-bond acceptors (Lipinski definition) is 7. The van der Waals surface area contributed by atoms with Gasteiger partial charge in [-0.15, -0.1) is 0 Å². The Labute approximate surface area is 231 Å². The normalized spacial score (nSPS) is 14.0. The molecule has 2 aromatic carbocycles. The standard InChI is InChI=1S/C26H27BrClF3O7/c1-12(2)7-16(32)14-5-6-17-18(21(14)35-4)24(33)36-8-15-20(28)13(3)19(27)23(22(15)37-17)38-25(34)26(9-29,10-30)11-31/h5-6,12,16,32H,7-11H2,1-4H3/t16-/m0/s1. The van der Waals surface area contributed by atoms with Crippen molar-refractivity contribution in [1.82, 2.24) is 0 Å². The number of carbonyl (C=O) groups is 2. The number of aliphatic hydroxyl groups excluding tert-OH is 1. The second-order valence-corrected chi connectivity index (χ2v) is 10.5. The maximum atomic E-state index is 13.5. The molecule has 0 fully saturated rings. The lowest BCUT2D eigenvalue weighted by atomic mass is 9.93. The van der Waals surface area contributed by atoms with E-state index in [1.165, 1.54) is 19.2 Å². The Hall–Kier alpha value is -2.50. The van der Waals surface area contributed by atoms with Crippen molar-refractivity contribution >= 4 is 39.5 Å². The highest BCUT2D eigenvalue weighted by atomic mass is 79.9. The Balaban J connectivity index is 2.22. The van der Waals surface area contributed by atoms with E-state index in [-0.39, 0.29) is 49.5 Å². The number of rotatable bonds is 9. The molecule has 1 aliphatic rings. The van der Waals surface area contributed by atoms with Gasteiger partial charge >= 0.3 is 11.9 Å². The smallest absolute Gasteiger partial charge is 0.346 e. The van der Waals surface area contributed by atoms with Crippen LogP contribution in [0.4, 0.5) is 13.2 Å². The molecule has 0 aromatic heterocycles. The first-order valence-electron chi connectivity index (χ1n) is 11.6. The minimum atomic E-state index is -2.66. The molecule has 38 heavy (non-hydrogen) atoms. The van der Waals surface area contributed by atoms with Crippen LogP contribution in [0, 0.1) is 18.3 Å². The number of halogens is 5. The fourth-order valence-corrected chi connectivity index (χ4v) is 4.67. The number of carbonyl (C=O) groups excluding carboxylic acids is 2. The molecule has 12 heteroatoms. The highest BCUT2D eigenvalue weighted by molar-refractivity contribution is 9.10. The largest absolute Gasteiger partial charge is 0.495 e. The number of ether oxygens (including phenoxy) is 4. The van der Waals surface area contributed by atoms with Crippen LogP contribution in [0.15, 0.2) is 16.6 Å². The molecule has 0 unspecified atom stereocenters. The van der Waals surface area contributed by atoms with Crippen molar-refractivity contribution in [2.45, 2.75) is 39.9 Å². The predicted molar refractivity (Wildman–Crippen MR) is 136 cm³/mol. The molecule has 0 saturated heterocycles. The lowest BCUT2D eigenvalue weighted by Crippen LogP contribution is -2.41. The van der Waals surface area contributed by atoms with Gasteiger partial charge in [-0.25, -0.2) is 18.0 Å². The van der Waals surface area contributed by atoms with Gasteiger partial charge in [0, 0.05) is 5.56 Å². The third-order valence-corrected chi connectivity index (χ3v) is 7.64. The van der Waals surface area contributed by atoms with Gasteiger partial charge in [0.05, 0.1) is 28.3 Å². The molecular formula is C26H27BrClF3O7. The van der Waals surface area contributed by atoms with Crippen molar-refractivity contribution in [2.24, 2.45) is 11.3 Å². The van der Waals surface area contributed by atoms with Crippen molar-refractivity contribution in [1.29, 1.82) is 0 Å². The molecule has 1 N–H and O–H groups in total. The molecule has 2 aromatic rings. The summed E-state index contributed by atoms with van der Waals surface area (Å²) in [6.45, 7) is 0.0622. The zero-order chi connectivity index (χ0) is 28.4. The van der Waals surface area contributed by atoms with E-state index >= 15 is 0 Å². The zero-order valence-electron chi connectivity index (χ0n) is 21.1. The number of hydrogen-bond donors (Lipinski definition) is 1. The van der Waals surface area contributed by atoms with Gasteiger partial charge in [0.1, 0.15) is 43.7 Å². The van der Waals surface area contributed by atoms with Gasteiger partial charge in [-0.3, -0.25) is 4.79 Å². The number of esters is 2. The number of cyclic esters (lactones) is 1. The van der Waals surface area contributed by atoms with Crippen LogP contribution in [-0.2, 0) is 16.1 Å². The zero-order valence-corrected chi connectivity index (χ0v) is 23.5. The van der Waals surface area contributed by atoms with Gasteiger partial charge in [0.2, 0.25) is 0 Å². The van der Waals surface area contributed by atoms with E-state index < -0.39 is 50.1 Å². The van der Waals surface area contributed by atoms with Gasteiger partial charge in [-0.1, -0.05) is 25.4 Å². The predicted octanol–water partition coefficient (Wildman–Crippen LogP) is 6.76. The van der Waals surface area contributed by atoms with Crippen LogP contribution in [0.25, 0.3) is 0 Å². The van der Waals surface area contributed by atoms with Crippen molar-refractivity contribution in [3.8, 4) is 23.0 Å². The highest BCUT2D eigenvalue weighted by Crippen LogP contribution is 2.50. The van der Waals surface area contributed by atoms with Crippen LogP contribution in [0.5, 0.6) is 23.0 Å². The lowest BCUT2D eigenvalue weighted by Gasteiger charge is -2.27. The third-order valence-electron chi connectivity index (χ3n) is 6.17. The van der Waals surface area contributed by atoms with Crippen LogP contribution in [0.1, 0.15) is 53.4 Å². The molecule has 0 spiro atoms. The summed E-state index contributed by atoms with van der Waals surface area (Å²) in [7, 11) is 1.32. The summed E-state index contributed by atoms with van der Waals surface area (Å²) < 4.78 is 63.0. The number of aliphatic hydroxyl groups is 1. The van der Waals surface area contributed by atoms with Crippen LogP contribution >= 0.6 is 27.5 Å². The number of fused-ring (bicyclic) bond motifs is 2. The molecule has 1 aliphatic heterocycles. The van der Waals surface area contributed by atoms with Gasteiger partial charge < -0.3 is 24.1 Å². The lowest BCUT2D eigenvalue weighted by molar-refractivity contribution is -0.149. The molecule has 1 atom stereocenters. The average Bonchev–Trinajstić information content (AvgIpc) is 2.88. The van der Waals surface area contributed by atoms with Gasteiger partial charge in [0.25, 0.3) is 0 Å². The van der Waals surface area contributed by atoms with E-state index in [9.17, 15) is 27.9 Å². The van der Waals surface area contributed by atoms with Crippen molar-refractivity contribution in [2.75, 3.05) is 27.1 Å². The van der Waals surface area contributed by atoms with Crippen molar-refractivity contribution in [3.05, 3.63) is 43.9 Å². The van der Waals surface area contributed by atoms with E-state index in [1.54, 1.807) is 6.92 Å². The second-order valence-electron chi connectivity index (χ2n) is 9.35. The van der Waals surface area contributed by atoms with Crippen molar-refractivity contribution in [3.63, 3.8) is 0 Å². The van der Waals surface area contributed by atoms with E-state index in [0.717, 1.165) is 0 Å². The van der Waals surface area contributed by atoms with Gasteiger partial charge in [-0.2, -0.15) is 0 Å². The molecule has 1 heterocycles. The topological polar surface area (TPSA) is 91.3 Å². The fourth-order valence-electron chi connectivity index (χ4n) is 3.86. The van der Waals surface area contributed by atoms with Crippen molar-refractivity contribution < 1.29 is 46.8 Å². The summed E-state index contributed by atoms with van der Waals surface area (Å²) in [5.41, 5.74) is -2.03.